The number of halogens is 1. The van der Waals surface area contributed by atoms with Crippen molar-refractivity contribution in [1.29, 1.82) is 0 Å². The van der Waals surface area contributed by atoms with Gasteiger partial charge in [0.25, 0.3) is 0 Å². The van der Waals surface area contributed by atoms with Gasteiger partial charge in [-0.2, -0.15) is 0 Å². The van der Waals surface area contributed by atoms with Gasteiger partial charge in [0.1, 0.15) is 0 Å². The zero-order valence-corrected chi connectivity index (χ0v) is 15.3. The molecular formula is C16H26ClNO2S. The molecule has 1 aromatic rings. The highest BCUT2D eigenvalue weighted by Gasteiger charge is 2.33. The Bertz CT molecular complexity index is 573. The van der Waals surface area contributed by atoms with Crippen LogP contribution >= 0.6 is 11.6 Å². The molecule has 120 valence electrons. The number of hydrogen-bond donors (Lipinski definition) is 1. The van der Waals surface area contributed by atoms with Gasteiger partial charge in [-0.1, -0.05) is 46.8 Å². The number of alkyl halides is 1. The Kier molecular flexibility index (Phi) is 5.51. The van der Waals surface area contributed by atoms with Gasteiger partial charge in [0.05, 0.1) is 4.90 Å². The molecule has 0 unspecified atom stereocenters. The molecule has 0 heterocycles. The van der Waals surface area contributed by atoms with Crippen molar-refractivity contribution in [1.82, 2.24) is 4.72 Å². The van der Waals surface area contributed by atoms with Gasteiger partial charge in [-0.15, -0.1) is 11.6 Å². The Morgan fingerprint density at radius 3 is 1.90 bits per heavy atom. The van der Waals surface area contributed by atoms with Crippen LogP contribution in [-0.4, -0.2) is 19.8 Å². The first-order valence-electron chi connectivity index (χ1n) is 7.13. The van der Waals surface area contributed by atoms with E-state index < -0.39 is 15.6 Å². The Balaban J connectivity index is 3.09. The summed E-state index contributed by atoms with van der Waals surface area (Å²) in [5.74, 6) is 0.322. The second-order valence-corrected chi connectivity index (χ2v) is 9.04. The lowest BCUT2D eigenvalue weighted by molar-refractivity contribution is 0.341. The van der Waals surface area contributed by atoms with Crippen molar-refractivity contribution in [2.45, 2.75) is 57.4 Å². The minimum Gasteiger partial charge on any atom is -0.207 e. The number of hydrogen-bond acceptors (Lipinski definition) is 2. The quantitative estimate of drug-likeness (QED) is 0.831. The number of sulfonamides is 1. The van der Waals surface area contributed by atoms with Crippen molar-refractivity contribution >= 4 is 21.6 Å². The monoisotopic (exact) mass is 331 g/mol. The summed E-state index contributed by atoms with van der Waals surface area (Å²) in [4.78, 5) is 0.271. The third-order valence-corrected chi connectivity index (χ3v) is 6.13. The maximum absolute atomic E-state index is 12.5. The SMILES string of the molecule is CC(C)[C@](C)(CCl)NS(=O)(=O)c1ccc(C(C)(C)C)cc1. The molecule has 1 atom stereocenters. The molecule has 0 saturated heterocycles. The van der Waals surface area contributed by atoms with Crippen molar-refractivity contribution < 1.29 is 8.42 Å². The molecule has 0 radical (unpaired) electrons. The standard InChI is InChI=1S/C16H26ClNO2S/c1-12(2)16(6,11-17)18-21(19,20)14-9-7-13(8-10-14)15(3,4)5/h7-10,12,18H,11H2,1-6H3/t16-/m0/s1. The van der Waals surface area contributed by atoms with E-state index in [1.54, 1.807) is 12.1 Å². The van der Waals surface area contributed by atoms with Crippen molar-refractivity contribution in [3.8, 4) is 0 Å². The molecular weight excluding hydrogens is 306 g/mol. The van der Waals surface area contributed by atoms with Gasteiger partial charge >= 0.3 is 0 Å². The zero-order valence-electron chi connectivity index (χ0n) is 13.7. The van der Waals surface area contributed by atoms with E-state index in [9.17, 15) is 8.42 Å². The van der Waals surface area contributed by atoms with Gasteiger partial charge in [-0.05, 0) is 36.0 Å². The maximum Gasteiger partial charge on any atom is 0.241 e. The summed E-state index contributed by atoms with van der Waals surface area (Å²) in [6.07, 6.45) is 0. The Morgan fingerprint density at radius 2 is 1.57 bits per heavy atom. The summed E-state index contributed by atoms with van der Waals surface area (Å²) in [6.45, 7) is 12.0. The third-order valence-electron chi connectivity index (χ3n) is 3.95. The Hall–Kier alpha value is -0.580. The van der Waals surface area contributed by atoms with Crippen molar-refractivity contribution in [2.75, 3.05) is 5.88 Å². The first-order chi connectivity index (χ1) is 9.42. The van der Waals surface area contributed by atoms with E-state index in [1.807, 2.05) is 32.9 Å². The Labute approximate surface area is 134 Å². The van der Waals surface area contributed by atoms with Crippen LogP contribution in [0.1, 0.15) is 47.1 Å². The number of rotatable bonds is 5. The van der Waals surface area contributed by atoms with Gasteiger partial charge in [0.2, 0.25) is 10.0 Å². The molecule has 0 bridgehead atoms. The topological polar surface area (TPSA) is 46.2 Å². The van der Waals surface area contributed by atoms with E-state index in [4.69, 9.17) is 11.6 Å². The molecule has 0 spiro atoms. The minimum absolute atomic E-state index is 0.00168. The minimum atomic E-state index is -3.57. The van der Waals surface area contributed by atoms with Crippen LogP contribution in [0.4, 0.5) is 0 Å². The van der Waals surface area contributed by atoms with Gasteiger partial charge in [-0.25, -0.2) is 13.1 Å². The number of nitrogens with one attached hydrogen (secondary N) is 1. The van der Waals surface area contributed by atoms with Crippen LogP contribution in [0, 0.1) is 5.92 Å². The van der Waals surface area contributed by atoms with E-state index in [-0.39, 0.29) is 22.1 Å². The molecule has 3 nitrogen and oxygen atoms in total. The fraction of sp³-hybridized carbons (Fsp3) is 0.625. The maximum atomic E-state index is 12.5. The van der Waals surface area contributed by atoms with Gasteiger partial charge in [0, 0.05) is 11.4 Å². The van der Waals surface area contributed by atoms with Crippen LogP contribution in [0.2, 0.25) is 0 Å². The molecule has 0 aliphatic heterocycles. The normalized spacial score (nSPS) is 16.0. The van der Waals surface area contributed by atoms with Crippen molar-refractivity contribution in [2.24, 2.45) is 5.92 Å². The smallest absolute Gasteiger partial charge is 0.207 e. The van der Waals surface area contributed by atoms with Gasteiger partial charge < -0.3 is 0 Å². The van der Waals surface area contributed by atoms with E-state index in [0.717, 1.165) is 5.56 Å². The van der Waals surface area contributed by atoms with Crippen molar-refractivity contribution in [3.05, 3.63) is 29.8 Å². The lowest BCUT2D eigenvalue weighted by atomic mass is 9.87. The third kappa shape index (κ3) is 4.44. The zero-order chi connectivity index (χ0) is 16.5. The first kappa shape index (κ1) is 18.5. The van der Waals surface area contributed by atoms with Crippen LogP contribution in [0.25, 0.3) is 0 Å². The first-order valence-corrected chi connectivity index (χ1v) is 9.14. The lowest BCUT2D eigenvalue weighted by Crippen LogP contribution is -2.51. The van der Waals surface area contributed by atoms with Crippen LogP contribution in [0.3, 0.4) is 0 Å². The summed E-state index contributed by atoms with van der Waals surface area (Å²) in [5.41, 5.74) is 0.437. The highest BCUT2D eigenvalue weighted by Crippen LogP contribution is 2.25. The van der Waals surface area contributed by atoms with Crippen LogP contribution < -0.4 is 4.72 Å². The molecule has 1 aromatic carbocycles. The summed E-state index contributed by atoms with van der Waals surface area (Å²) < 4.78 is 27.7. The van der Waals surface area contributed by atoms with Crippen LogP contribution in [0.5, 0.6) is 0 Å². The second kappa shape index (κ2) is 6.27. The molecule has 0 amide bonds. The molecule has 0 saturated carbocycles. The number of benzene rings is 1. The van der Waals surface area contributed by atoms with E-state index in [2.05, 4.69) is 25.5 Å². The second-order valence-electron chi connectivity index (χ2n) is 7.09. The summed E-state index contributed by atoms with van der Waals surface area (Å²) in [7, 11) is -3.57. The summed E-state index contributed by atoms with van der Waals surface area (Å²) in [6, 6.07) is 7.03. The highest BCUT2D eigenvalue weighted by molar-refractivity contribution is 7.89. The van der Waals surface area contributed by atoms with Crippen LogP contribution in [0.15, 0.2) is 29.2 Å². The fourth-order valence-electron chi connectivity index (χ4n) is 1.80. The summed E-state index contributed by atoms with van der Waals surface area (Å²) in [5, 5.41) is 0. The lowest BCUT2D eigenvalue weighted by Gasteiger charge is -2.32. The summed E-state index contributed by atoms with van der Waals surface area (Å²) >= 11 is 5.96. The molecule has 0 aliphatic carbocycles. The Morgan fingerprint density at radius 1 is 1.10 bits per heavy atom. The highest BCUT2D eigenvalue weighted by atomic mass is 35.5. The molecule has 0 aromatic heterocycles. The van der Waals surface area contributed by atoms with E-state index in [1.165, 1.54) is 0 Å². The van der Waals surface area contributed by atoms with Gasteiger partial charge in [0.15, 0.2) is 0 Å². The predicted molar refractivity (Wildman–Crippen MR) is 89.4 cm³/mol. The molecule has 21 heavy (non-hydrogen) atoms. The predicted octanol–water partition coefficient (Wildman–Crippen LogP) is 3.92. The largest absolute Gasteiger partial charge is 0.241 e. The van der Waals surface area contributed by atoms with Crippen molar-refractivity contribution in [3.63, 3.8) is 0 Å². The fourth-order valence-corrected chi connectivity index (χ4v) is 3.79. The molecule has 0 fully saturated rings. The van der Waals surface area contributed by atoms with E-state index >= 15 is 0 Å². The molecule has 1 rings (SSSR count). The molecule has 5 heteroatoms. The van der Waals surface area contributed by atoms with E-state index in [0.29, 0.717) is 0 Å². The van der Waals surface area contributed by atoms with Gasteiger partial charge in [-0.3, -0.25) is 0 Å². The van der Waals surface area contributed by atoms with Crippen LogP contribution in [-0.2, 0) is 15.4 Å². The molecule has 1 N–H and O–H groups in total. The molecule has 0 aliphatic rings. The average molecular weight is 332 g/mol. The average Bonchev–Trinajstić information content (AvgIpc) is 2.37.